The van der Waals surface area contributed by atoms with Gasteiger partial charge in [0, 0.05) is 30.4 Å². The van der Waals surface area contributed by atoms with Crippen LogP contribution in [-0.2, 0) is 29.0 Å². The molecule has 0 N–H and O–H groups in total. The van der Waals surface area contributed by atoms with Gasteiger partial charge < -0.3 is 4.74 Å². The maximum atomic E-state index is 14.0. The molecule has 1 aliphatic rings. The molecule has 1 heterocycles. The standard InChI is InChI=1S/C18H20F2N4O7S/c19-12-5-6-15(14(20)10-12)32(28,29)11-13(4-2-1-3-9-22-23-21)30-18(27)31-24-16(25)7-8-17(24)26/h5-6,10,13H,1-4,7-9,11H2. The fourth-order valence-electron chi connectivity index (χ4n) is 2.90. The molecule has 0 bridgehead atoms. The molecule has 174 valence electrons. The Morgan fingerprint density at radius 2 is 1.88 bits per heavy atom. The highest BCUT2D eigenvalue weighted by atomic mass is 32.2. The molecule has 0 spiro atoms. The van der Waals surface area contributed by atoms with Crippen molar-refractivity contribution in [3.05, 3.63) is 40.3 Å². The zero-order valence-electron chi connectivity index (χ0n) is 16.8. The Hall–Kier alpha value is -3.25. The van der Waals surface area contributed by atoms with Crippen LogP contribution >= 0.6 is 0 Å². The number of nitrogens with zero attached hydrogens (tertiary/aromatic N) is 4. The second kappa shape index (κ2) is 11.4. The molecular formula is C18H20F2N4O7S. The number of hydrogen-bond acceptors (Lipinski definition) is 8. The Morgan fingerprint density at radius 3 is 2.50 bits per heavy atom. The lowest BCUT2D eigenvalue weighted by Crippen LogP contribution is -2.35. The predicted molar refractivity (Wildman–Crippen MR) is 103 cm³/mol. The van der Waals surface area contributed by atoms with Crippen LogP contribution in [0.1, 0.15) is 38.5 Å². The number of ether oxygens (including phenoxy) is 1. The number of carbonyl (C=O) groups is 3. The summed E-state index contributed by atoms with van der Waals surface area (Å²) in [6.45, 7) is 0.225. The quantitative estimate of drug-likeness (QED) is 0.0906. The van der Waals surface area contributed by atoms with E-state index < -0.39 is 56.2 Å². The van der Waals surface area contributed by atoms with Crippen molar-refractivity contribution < 1.29 is 41.2 Å². The summed E-state index contributed by atoms with van der Waals surface area (Å²) >= 11 is 0. The second-order valence-corrected chi connectivity index (χ2v) is 8.83. The average Bonchev–Trinajstić information content (AvgIpc) is 3.01. The lowest BCUT2D eigenvalue weighted by Gasteiger charge is -2.19. The van der Waals surface area contributed by atoms with Crippen molar-refractivity contribution in [2.75, 3.05) is 12.3 Å². The average molecular weight is 474 g/mol. The number of amides is 2. The molecule has 1 atom stereocenters. The van der Waals surface area contributed by atoms with E-state index in [9.17, 15) is 31.6 Å². The third-order valence-electron chi connectivity index (χ3n) is 4.42. The Kier molecular flexibility index (Phi) is 8.91. The van der Waals surface area contributed by atoms with Crippen molar-refractivity contribution in [3.63, 3.8) is 0 Å². The van der Waals surface area contributed by atoms with E-state index in [1.807, 2.05) is 0 Å². The summed E-state index contributed by atoms with van der Waals surface area (Å²) < 4.78 is 57.3. The molecule has 0 saturated carbocycles. The molecule has 1 unspecified atom stereocenters. The highest BCUT2D eigenvalue weighted by Crippen LogP contribution is 2.21. The summed E-state index contributed by atoms with van der Waals surface area (Å²) in [6, 6.07) is 1.95. The van der Waals surface area contributed by atoms with Gasteiger partial charge in [0.15, 0.2) is 9.84 Å². The fraction of sp³-hybridized carbons (Fsp3) is 0.500. The van der Waals surface area contributed by atoms with Crippen molar-refractivity contribution >= 4 is 27.8 Å². The summed E-state index contributed by atoms with van der Waals surface area (Å²) in [5.41, 5.74) is 8.25. The Morgan fingerprint density at radius 1 is 1.19 bits per heavy atom. The van der Waals surface area contributed by atoms with Gasteiger partial charge in [-0.2, -0.15) is 0 Å². The van der Waals surface area contributed by atoms with Crippen molar-refractivity contribution in [2.45, 2.75) is 49.5 Å². The van der Waals surface area contributed by atoms with E-state index in [0.29, 0.717) is 25.3 Å². The number of hydroxylamine groups is 2. The van der Waals surface area contributed by atoms with Crippen LogP contribution in [0.3, 0.4) is 0 Å². The lowest BCUT2D eigenvalue weighted by atomic mass is 10.1. The van der Waals surface area contributed by atoms with Gasteiger partial charge in [-0.05, 0) is 36.9 Å². The lowest BCUT2D eigenvalue weighted by molar-refractivity contribution is -0.178. The first-order valence-corrected chi connectivity index (χ1v) is 11.2. The number of hydrogen-bond donors (Lipinski definition) is 0. The molecule has 1 aliphatic heterocycles. The number of rotatable bonds is 11. The zero-order chi connectivity index (χ0) is 23.7. The van der Waals surface area contributed by atoms with Crippen molar-refractivity contribution in [1.29, 1.82) is 0 Å². The van der Waals surface area contributed by atoms with Crippen LogP contribution in [0.5, 0.6) is 0 Å². The molecular weight excluding hydrogens is 454 g/mol. The summed E-state index contributed by atoms with van der Waals surface area (Å²) in [7, 11) is -4.34. The molecule has 0 radical (unpaired) electrons. The molecule has 2 rings (SSSR count). The van der Waals surface area contributed by atoms with E-state index >= 15 is 0 Å². The number of imide groups is 1. The predicted octanol–water partition coefficient (Wildman–Crippen LogP) is 3.20. The summed E-state index contributed by atoms with van der Waals surface area (Å²) in [4.78, 5) is 41.6. The molecule has 14 heteroatoms. The molecule has 1 aromatic rings. The van der Waals surface area contributed by atoms with Crippen LogP contribution in [0.4, 0.5) is 13.6 Å². The molecule has 1 aromatic carbocycles. The highest BCUT2D eigenvalue weighted by Gasteiger charge is 2.35. The number of halogens is 2. The van der Waals surface area contributed by atoms with Crippen LogP contribution in [0.15, 0.2) is 28.2 Å². The first kappa shape index (κ1) is 25.0. The van der Waals surface area contributed by atoms with E-state index in [-0.39, 0.29) is 30.9 Å². The molecule has 0 aliphatic carbocycles. The van der Waals surface area contributed by atoms with Crippen LogP contribution in [0.25, 0.3) is 10.4 Å². The van der Waals surface area contributed by atoms with Crippen LogP contribution in [0, 0.1) is 11.6 Å². The number of benzene rings is 1. The van der Waals surface area contributed by atoms with Crippen LogP contribution in [-0.4, -0.2) is 49.9 Å². The van der Waals surface area contributed by atoms with E-state index in [1.165, 1.54) is 0 Å². The van der Waals surface area contributed by atoms with Gasteiger partial charge in [-0.3, -0.25) is 14.4 Å². The topological polar surface area (TPSA) is 156 Å². The molecule has 32 heavy (non-hydrogen) atoms. The van der Waals surface area contributed by atoms with E-state index in [1.54, 1.807) is 0 Å². The molecule has 0 aromatic heterocycles. The third kappa shape index (κ3) is 7.17. The SMILES string of the molecule is [N-]=[N+]=NCCCCCC(CS(=O)(=O)c1ccc(F)cc1F)OC(=O)ON1C(=O)CCC1=O. The molecule has 2 amide bonds. The highest BCUT2D eigenvalue weighted by molar-refractivity contribution is 7.91. The normalized spacial score (nSPS) is 14.8. The van der Waals surface area contributed by atoms with Gasteiger partial charge in [-0.25, -0.2) is 22.0 Å². The first-order chi connectivity index (χ1) is 15.1. The van der Waals surface area contributed by atoms with Gasteiger partial charge in [-0.1, -0.05) is 16.6 Å². The minimum Gasteiger partial charge on any atom is -0.428 e. The maximum absolute atomic E-state index is 14.0. The van der Waals surface area contributed by atoms with Gasteiger partial charge in [-0.15, -0.1) is 0 Å². The number of azide groups is 1. The minimum absolute atomic E-state index is 0.00923. The van der Waals surface area contributed by atoms with Crippen molar-refractivity contribution in [1.82, 2.24) is 5.06 Å². The monoisotopic (exact) mass is 474 g/mol. The van der Waals surface area contributed by atoms with E-state index in [2.05, 4.69) is 14.9 Å². The Balaban J connectivity index is 2.08. The van der Waals surface area contributed by atoms with E-state index in [0.717, 1.165) is 12.1 Å². The fourth-order valence-corrected chi connectivity index (χ4v) is 4.44. The summed E-state index contributed by atoms with van der Waals surface area (Å²) in [5.74, 6) is -4.60. The third-order valence-corrected chi connectivity index (χ3v) is 6.23. The van der Waals surface area contributed by atoms with Crippen LogP contribution in [0.2, 0.25) is 0 Å². The molecule has 11 nitrogen and oxygen atoms in total. The Labute approximate surface area is 181 Å². The van der Waals surface area contributed by atoms with Crippen molar-refractivity contribution in [3.8, 4) is 0 Å². The zero-order valence-corrected chi connectivity index (χ0v) is 17.6. The van der Waals surface area contributed by atoms with Gasteiger partial charge in [0.1, 0.15) is 22.6 Å². The van der Waals surface area contributed by atoms with E-state index in [4.69, 9.17) is 10.3 Å². The van der Waals surface area contributed by atoms with Gasteiger partial charge in [0.25, 0.3) is 11.8 Å². The maximum Gasteiger partial charge on any atom is 0.534 e. The van der Waals surface area contributed by atoms with Crippen LogP contribution < -0.4 is 0 Å². The largest absolute Gasteiger partial charge is 0.534 e. The summed E-state index contributed by atoms with van der Waals surface area (Å²) in [5, 5.41) is 3.61. The minimum atomic E-state index is -4.34. The molecule has 1 saturated heterocycles. The Bertz CT molecular complexity index is 1010. The number of sulfone groups is 1. The van der Waals surface area contributed by atoms with Gasteiger partial charge >= 0.3 is 6.16 Å². The summed E-state index contributed by atoms with van der Waals surface area (Å²) in [6.07, 6.45) is -1.71. The molecule has 1 fully saturated rings. The van der Waals surface area contributed by atoms with Gasteiger partial charge in [0.2, 0.25) is 0 Å². The number of carbonyl (C=O) groups excluding carboxylic acids is 3. The smallest absolute Gasteiger partial charge is 0.428 e. The first-order valence-electron chi connectivity index (χ1n) is 9.57. The van der Waals surface area contributed by atoms with Gasteiger partial charge in [0.05, 0.1) is 5.75 Å². The number of unbranched alkanes of at least 4 members (excludes halogenated alkanes) is 2. The van der Waals surface area contributed by atoms with Crippen molar-refractivity contribution in [2.24, 2.45) is 5.11 Å². The second-order valence-electron chi connectivity index (χ2n) is 6.82.